The Balaban J connectivity index is 1.99. The van der Waals surface area contributed by atoms with Gasteiger partial charge in [-0.2, -0.15) is 0 Å². The summed E-state index contributed by atoms with van der Waals surface area (Å²) in [7, 11) is 0. The van der Waals surface area contributed by atoms with Gasteiger partial charge in [0.25, 0.3) is 0 Å². The van der Waals surface area contributed by atoms with Crippen LogP contribution in [0.5, 0.6) is 0 Å². The molecule has 1 spiro atoms. The monoisotopic (exact) mass is 274 g/mol. The standard InChI is InChI=1S/C12H19BrO2/c1-7-8-6-9(11(7,2)3)10(13)12(8)14-4-5-15-12/h7-10H,4-6H2,1-3H3/t7-,8+,9-,10+/m0/s1. The second-order valence-electron chi connectivity index (χ2n) is 5.88. The van der Waals surface area contributed by atoms with E-state index < -0.39 is 0 Å². The number of halogens is 1. The Morgan fingerprint density at radius 2 is 1.73 bits per heavy atom. The Hall–Kier alpha value is 0.400. The van der Waals surface area contributed by atoms with Gasteiger partial charge >= 0.3 is 0 Å². The molecule has 86 valence electrons. The van der Waals surface area contributed by atoms with Gasteiger partial charge in [-0.15, -0.1) is 0 Å². The molecule has 0 aromatic rings. The second kappa shape index (κ2) is 2.99. The fourth-order valence-electron chi connectivity index (χ4n) is 3.95. The molecule has 3 rings (SSSR count). The van der Waals surface area contributed by atoms with Gasteiger partial charge in [-0.25, -0.2) is 0 Å². The largest absolute Gasteiger partial charge is 0.346 e. The lowest BCUT2D eigenvalue weighted by Gasteiger charge is -2.47. The summed E-state index contributed by atoms with van der Waals surface area (Å²) in [5.74, 6) is 1.66. The summed E-state index contributed by atoms with van der Waals surface area (Å²) in [6, 6.07) is 0. The Bertz CT molecular complexity index is 283. The second-order valence-corrected chi connectivity index (χ2v) is 6.87. The number of hydrogen-bond donors (Lipinski definition) is 0. The van der Waals surface area contributed by atoms with Crippen molar-refractivity contribution in [3.63, 3.8) is 0 Å². The number of ether oxygens (including phenoxy) is 2. The fraction of sp³-hybridized carbons (Fsp3) is 1.00. The number of hydrogen-bond acceptors (Lipinski definition) is 2. The molecular weight excluding hydrogens is 256 g/mol. The van der Waals surface area contributed by atoms with Gasteiger partial charge < -0.3 is 9.47 Å². The summed E-state index contributed by atoms with van der Waals surface area (Å²) in [6.07, 6.45) is 1.25. The van der Waals surface area contributed by atoms with E-state index in [1.807, 2.05) is 0 Å². The van der Waals surface area contributed by atoms with Crippen LogP contribution in [0.25, 0.3) is 0 Å². The number of fused-ring (bicyclic) bond motifs is 3. The fourth-order valence-corrected chi connectivity index (χ4v) is 5.45. The Morgan fingerprint density at radius 1 is 1.13 bits per heavy atom. The third kappa shape index (κ3) is 1.07. The molecule has 0 N–H and O–H groups in total. The maximum absolute atomic E-state index is 5.94. The first-order valence-electron chi connectivity index (χ1n) is 5.92. The van der Waals surface area contributed by atoms with Crippen LogP contribution >= 0.6 is 15.9 Å². The van der Waals surface area contributed by atoms with Gasteiger partial charge in [0.05, 0.1) is 18.0 Å². The van der Waals surface area contributed by atoms with E-state index >= 15 is 0 Å². The van der Waals surface area contributed by atoms with Crippen LogP contribution in [0, 0.1) is 23.2 Å². The van der Waals surface area contributed by atoms with Crippen LogP contribution in [-0.4, -0.2) is 23.8 Å². The lowest BCUT2D eigenvalue weighted by atomic mass is 9.67. The predicted octanol–water partition coefficient (Wildman–Crippen LogP) is 2.81. The van der Waals surface area contributed by atoms with Crippen LogP contribution in [0.1, 0.15) is 27.2 Å². The van der Waals surface area contributed by atoms with Crippen molar-refractivity contribution in [2.24, 2.45) is 23.2 Å². The van der Waals surface area contributed by atoms with Crippen molar-refractivity contribution < 1.29 is 9.47 Å². The van der Waals surface area contributed by atoms with Gasteiger partial charge in [-0.3, -0.25) is 0 Å². The summed E-state index contributed by atoms with van der Waals surface area (Å²) >= 11 is 3.83. The van der Waals surface area contributed by atoms with E-state index in [1.165, 1.54) is 6.42 Å². The van der Waals surface area contributed by atoms with Crippen LogP contribution in [-0.2, 0) is 9.47 Å². The SMILES string of the molecule is C[C@H]1[C@H]2C[C@@H]([C@@H](Br)C23OCCO3)C1(C)C. The summed E-state index contributed by atoms with van der Waals surface area (Å²) in [5, 5.41) is 0. The molecule has 0 radical (unpaired) electrons. The van der Waals surface area contributed by atoms with Crippen LogP contribution in [0.4, 0.5) is 0 Å². The summed E-state index contributed by atoms with van der Waals surface area (Å²) < 4.78 is 11.9. The molecule has 0 aromatic carbocycles. The smallest absolute Gasteiger partial charge is 0.184 e. The third-order valence-electron chi connectivity index (χ3n) is 5.23. The normalized spacial score (nSPS) is 50.4. The molecular formula is C12H19BrO2. The quantitative estimate of drug-likeness (QED) is 0.633. The van der Waals surface area contributed by atoms with Gasteiger partial charge in [0.2, 0.25) is 0 Å². The highest BCUT2D eigenvalue weighted by Crippen LogP contribution is 2.66. The molecule has 4 atom stereocenters. The van der Waals surface area contributed by atoms with Crippen molar-refractivity contribution >= 4 is 15.9 Å². The Morgan fingerprint density at radius 3 is 2.27 bits per heavy atom. The minimum atomic E-state index is -0.292. The van der Waals surface area contributed by atoms with Gasteiger partial charge in [0.1, 0.15) is 0 Å². The predicted molar refractivity (Wildman–Crippen MR) is 61.9 cm³/mol. The van der Waals surface area contributed by atoms with Crippen LogP contribution < -0.4 is 0 Å². The minimum absolute atomic E-state index is 0.292. The first-order valence-corrected chi connectivity index (χ1v) is 6.83. The Labute approximate surface area is 99.8 Å². The zero-order valence-corrected chi connectivity index (χ0v) is 11.2. The van der Waals surface area contributed by atoms with E-state index in [2.05, 4.69) is 36.7 Å². The highest BCUT2D eigenvalue weighted by Gasteiger charge is 2.69. The molecule has 2 nitrogen and oxygen atoms in total. The first kappa shape index (κ1) is 10.5. The van der Waals surface area contributed by atoms with Crippen LogP contribution in [0.2, 0.25) is 0 Å². The van der Waals surface area contributed by atoms with Crippen molar-refractivity contribution in [1.29, 1.82) is 0 Å². The molecule has 3 fully saturated rings. The molecule has 2 bridgehead atoms. The zero-order valence-electron chi connectivity index (χ0n) is 9.63. The van der Waals surface area contributed by atoms with Crippen molar-refractivity contribution in [1.82, 2.24) is 0 Å². The maximum Gasteiger partial charge on any atom is 0.184 e. The van der Waals surface area contributed by atoms with Gasteiger partial charge in [0, 0.05) is 5.92 Å². The van der Waals surface area contributed by atoms with Crippen LogP contribution in [0.15, 0.2) is 0 Å². The lowest BCUT2D eigenvalue weighted by Crippen LogP contribution is -2.53. The average molecular weight is 275 g/mol. The minimum Gasteiger partial charge on any atom is -0.346 e. The molecule has 1 aliphatic heterocycles. The summed E-state index contributed by atoms with van der Waals surface area (Å²) in [6.45, 7) is 8.66. The molecule has 15 heavy (non-hydrogen) atoms. The van der Waals surface area contributed by atoms with E-state index in [1.54, 1.807) is 0 Å². The first-order chi connectivity index (χ1) is 7.00. The average Bonchev–Trinajstić information content (AvgIpc) is 2.80. The van der Waals surface area contributed by atoms with E-state index in [0.29, 0.717) is 28.0 Å². The van der Waals surface area contributed by atoms with Crippen molar-refractivity contribution in [2.75, 3.05) is 13.2 Å². The van der Waals surface area contributed by atoms with E-state index in [9.17, 15) is 0 Å². The molecule has 3 heteroatoms. The highest BCUT2D eigenvalue weighted by molar-refractivity contribution is 9.09. The van der Waals surface area contributed by atoms with Crippen LogP contribution in [0.3, 0.4) is 0 Å². The Kier molecular flexibility index (Phi) is 2.10. The van der Waals surface area contributed by atoms with Crippen molar-refractivity contribution in [3.8, 4) is 0 Å². The zero-order chi connectivity index (χ0) is 10.8. The summed E-state index contributed by atoms with van der Waals surface area (Å²) in [4.78, 5) is 0.378. The number of alkyl halides is 1. The molecule has 0 unspecified atom stereocenters. The molecule has 0 amide bonds. The van der Waals surface area contributed by atoms with Crippen molar-refractivity contribution in [3.05, 3.63) is 0 Å². The molecule has 1 heterocycles. The van der Waals surface area contributed by atoms with E-state index in [0.717, 1.165) is 13.2 Å². The molecule has 3 aliphatic rings. The van der Waals surface area contributed by atoms with E-state index in [4.69, 9.17) is 9.47 Å². The van der Waals surface area contributed by atoms with Gasteiger partial charge in [0.15, 0.2) is 5.79 Å². The van der Waals surface area contributed by atoms with E-state index in [-0.39, 0.29) is 5.79 Å². The molecule has 0 aromatic heterocycles. The van der Waals surface area contributed by atoms with Crippen molar-refractivity contribution in [2.45, 2.75) is 37.8 Å². The topological polar surface area (TPSA) is 18.5 Å². The molecule has 1 saturated heterocycles. The molecule has 2 saturated carbocycles. The lowest BCUT2D eigenvalue weighted by molar-refractivity contribution is -0.208. The third-order valence-corrected chi connectivity index (χ3v) is 6.51. The highest BCUT2D eigenvalue weighted by atomic mass is 79.9. The van der Waals surface area contributed by atoms with Gasteiger partial charge in [-0.05, 0) is 23.7 Å². The molecule has 2 aliphatic carbocycles. The number of rotatable bonds is 0. The summed E-state index contributed by atoms with van der Waals surface area (Å²) in [5.41, 5.74) is 0.416. The van der Waals surface area contributed by atoms with Gasteiger partial charge in [-0.1, -0.05) is 36.7 Å². The maximum atomic E-state index is 5.94.